The van der Waals surface area contributed by atoms with Crippen molar-refractivity contribution in [2.24, 2.45) is 5.41 Å². The Morgan fingerprint density at radius 2 is 1.72 bits per heavy atom. The quantitative estimate of drug-likeness (QED) is 0.842. The summed E-state index contributed by atoms with van der Waals surface area (Å²) in [5.41, 5.74) is -0.161. The highest BCUT2D eigenvalue weighted by molar-refractivity contribution is 5.82. The van der Waals surface area contributed by atoms with Gasteiger partial charge in [0.1, 0.15) is 11.9 Å². The number of carboxylic acid groups (broad SMARTS) is 1. The molecular weight excluding hydrogens is 331 g/mol. The van der Waals surface area contributed by atoms with Crippen molar-refractivity contribution in [3.8, 4) is 0 Å². The van der Waals surface area contributed by atoms with E-state index in [4.69, 9.17) is 4.74 Å². The molecule has 0 aromatic heterocycles. The number of hydrogen-bond donors (Lipinski definition) is 1. The molecule has 25 heavy (non-hydrogen) atoms. The van der Waals surface area contributed by atoms with E-state index in [9.17, 15) is 23.9 Å². The lowest BCUT2D eigenvalue weighted by molar-refractivity contribution is -0.157. The van der Waals surface area contributed by atoms with Crippen molar-refractivity contribution in [3.63, 3.8) is 0 Å². The van der Waals surface area contributed by atoms with Crippen LogP contribution >= 0.6 is 0 Å². The Morgan fingerprint density at radius 3 is 2.24 bits per heavy atom. The van der Waals surface area contributed by atoms with Crippen LogP contribution in [-0.2, 0) is 20.7 Å². The molecule has 1 unspecified atom stereocenters. The second-order valence-electron chi connectivity index (χ2n) is 6.92. The average molecular weight is 352 g/mol. The van der Waals surface area contributed by atoms with E-state index < -0.39 is 35.3 Å². The van der Waals surface area contributed by atoms with Gasteiger partial charge in [0.15, 0.2) is 0 Å². The van der Waals surface area contributed by atoms with Gasteiger partial charge in [0.2, 0.25) is 5.91 Å². The van der Waals surface area contributed by atoms with Crippen molar-refractivity contribution in [1.29, 1.82) is 0 Å². The first-order chi connectivity index (χ1) is 11.6. The van der Waals surface area contributed by atoms with Crippen LogP contribution in [0.4, 0.5) is 9.18 Å². The van der Waals surface area contributed by atoms with Crippen molar-refractivity contribution in [3.05, 3.63) is 35.6 Å². The fourth-order valence-corrected chi connectivity index (χ4v) is 2.33. The molecule has 1 aromatic rings. The SMILES string of the molecule is CC(C)(C)C(=O)OC1CN(C(=O)O)N(C(=O)Cc2ccc(F)cc2)C1. The lowest BCUT2D eigenvalue weighted by atomic mass is 9.97. The zero-order valence-electron chi connectivity index (χ0n) is 14.4. The first-order valence-corrected chi connectivity index (χ1v) is 7.84. The molecule has 0 bridgehead atoms. The van der Waals surface area contributed by atoms with E-state index in [1.807, 2.05) is 0 Å². The second-order valence-corrected chi connectivity index (χ2v) is 6.92. The van der Waals surface area contributed by atoms with E-state index >= 15 is 0 Å². The Bertz CT molecular complexity index is 669. The third-order valence-electron chi connectivity index (χ3n) is 3.71. The first kappa shape index (κ1) is 18.7. The molecule has 2 amide bonds. The monoisotopic (exact) mass is 352 g/mol. The van der Waals surface area contributed by atoms with Crippen LogP contribution in [0.3, 0.4) is 0 Å². The molecular formula is C17H21FN2O5. The molecule has 0 aliphatic carbocycles. The van der Waals surface area contributed by atoms with Crippen LogP contribution in [0, 0.1) is 11.2 Å². The minimum absolute atomic E-state index is 0.0336. The fourth-order valence-electron chi connectivity index (χ4n) is 2.33. The summed E-state index contributed by atoms with van der Waals surface area (Å²) >= 11 is 0. The molecule has 2 rings (SSSR count). The second kappa shape index (κ2) is 7.08. The third kappa shape index (κ3) is 4.68. The molecule has 1 aliphatic rings. The van der Waals surface area contributed by atoms with Gasteiger partial charge in [0.25, 0.3) is 0 Å². The van der Waals surface area contributed by atoms with Crippen LogP contribution in [0.15, 0.2) is 24.3 Å². The Morgan fingerprint density at radius 1 is 1.16 bits per heavy atom. The maximum absolute atomic E-state index is 12.9. The summed E-state index contributed by atoms with van der Waals surface area (Å²) in [6, 6.07) is 5.39. The highest BCUT2D eigenvalue weighted by atomic mass is 19.1. The minimum atomic E-state index is -1.30. The summed E-state index contributed by atoms with van der Waals surface area (Å²) in [5, 5.41) is 11.2. The zero-order valence-corrected chi connectivity index (χ0v) is 14.4. The molecule has 136 valence electrons. The number of halogens is 1. The number of benzene rings is 1. The number of amides is 2. The molecule has 1 aliphatic heterocycles. The molecule has 0 radical (unpaired) electrons. The molecule has 8 heteroatoms. The van der Waals surface area contributed by atoms with Crippen molar-refractivity contribution >= 4 is 18.0 Å². The summed E-state index contributed by atoms with van der Waals surface area (Å²) < 4.78 is 18.2. The van der Waals surface area contributed by atoms with Crippen LogP contribution in [0.25, 0.3) is 0 Å². The van der Waals surface area contributed by atoms with Gasteiger partial charge in [-0.15, -0.1) is 0 Å². The number of hydrazine groups is 1. The number of carbonyl (C=O) groups excluding carboxylic acids is 2. The number of nitrogens with zero attached hydrogens (tertiary/aromatic N) is 2. The van der Waals surface area contributed by atoms with E-state index in [1.165, 1.54) is 24.3 Å². The summed E-state index contributed by atoms with van der Waals surface area (Å²) in [7, 11) is 0. The molecule has 1 heterocycles. The topological polar surface area (TPSA) is 87.2 Å². The molecule has 1 atom stereocenters. The molecule has 1 N–H and O–H groups in total. The smallest absolute Gasteiger partial charge is 0.426 e. The van der Waals surface area contributed by atoms with E-state index in [2.05, 4.69) is 0 Å². The summed E-state index contributed by atoms with van der Waals surface area (Å²) in [6.45, 7) is 4.94. The van der Waals surface area contributed by atoms with E-state index in [1.54, 1.807) is 20.8 Å². The van der Waals surface area contributed by atoms with Crippen molar-refractivity contribution < 1.29 is 28.6 Å². The van der Waals surface area contributed by atoms with Gasteiger partial charge < -0.3 is 9.84 Å². The van der Waals surface area contributed by atoms with Crippen molar-refractivity contribution in [2.45, 2.75) is 33.3 Å². The van der Waals surface area contributed by atoms with Gasteiger partial charge >= 0.3 is 12.1 Å². The molecule has 1 saturated heterocycles. The largest absolute Gasteiger partial charge is 0.464 e. The number of hydrogen-bond acceptors (Lipinski definition) is 4. The maximum atomic E-state index is 12.9. The highest BCUT2D eigenvalue weighted by Crippen LogP contribution is 2.21. The normalized spacial score (nSPS) is 17.5. The van der Waals surface area contributed by atoms with E-state index in [0.29, 0.717) is 5.56 Å². The van der Waals surface area contributed by atoms with Crippen LogP contribution in [-0.4, -0.2) is 52.3 Å². The maximum Gasteiger partial charge on any atom is 0.426 e. The van der Waals surface area contributed by atoms with Gasteiger partial charge in [-0.25, -0.2) is 19.2 Å². The van der Waals surface area contributed by atoms with Gasteiger partial charge in [-0.3, -0.25) is 9.59 Å². The third-order valence-corrected chi connectivity index (χ3v) is 3.71. The minimum Gasteiger partial charge on any atom is -0.464 e. The summed E-state index contributed by atoms with van der Waals surface area (Å²) in [6.07, 6.45) is -2.11. The van der Waals surface area contributed by atoms with Gasteiger partial charge in [-0.1, -0.05) is 12.1 Å². The molecule has 0 saturated carbocycles. The standard InChI is InChI=1S/C17H21FN2O5/c1-17(2,3)15(22)25-13-9-19(20(10-13)16(23)24)14(21)8-11-4-6-12(18)7-5-11/h4-7,13H,8-10H2,1-3H3,(H,23,24). The number of carbonyl (C=O) groups is 3. The molecule has 0 spiro atoms. The lowest BCUT2D eigenvalue weighted by Crippen LogP contribution is -2.44. The number of rotatable bonds is 3. The molecule has 1 fully saturated rings. The van der Waals surface area contributed by atoms with Gasteiger partial charge in [-0.2, -0.15) is 0 Å². The Kier molecular flexibility index (Phi) is 5.30. The van der Waals surface area contributed by atoms with E-state index in [-0.39, 0.29) is 19.5 Å². The molecule has 1 aromatic carbocycles. The fraction of sp³-hybridized carbons (Fsp3) is 0.471. The van der Waals surface area contributed by atoms with Crippen LogP contribution in [0.5, 0.6) is 0 Å². The molecule has 7 nitrogen and oxygen atoms in total. The predicted octanol–water partition coefficient (Wildman–Crippen LogP) is 2.06. The average Bonchev–Trinajstić information content (AvgIpc) is 2.93. The summed E-state index contributed by atoms with van der Waals surface area (Å²) in [4.78, 5) is 35.8. The van der Waals surface area contributed by atoms with Gasteiger partial charge in [0, 0.05) is 0 Å². The van der Waals surface area contributed by atoms with Crippen LogP contribution in [0.2, 0.25) is 0 Å². The van der Waals surface area contributed by atoms with E-state index in [0.717, 1.165) is 10.0 Å². The van der Waals surface area contributed by atoms with Gasteiger partial charge in [-0.05, 0) is 38.5 Å². The summed E-state index contributed by atoms with van der Waals surface area (Å²) in [5.74, 6) is -1.35. The number of ether oxygens (including phenoxy) is 1. The Balaban J connectivity index is 2.07. The predicted molar refractivity (Wildman–Crippen MR) is 85.9 cm³/mol. The van der Waals surface area contributed by atoms with Gasteiger partial charge in [0.05, 0.1) is 24.9 Å². The van der Waals surface area contributed by atoms with Crippen LogP contribution < -0.4 is 0 Å². The lowest BCUT2D eigenvalue weighted by Gasteiger charge is -2.24. The van der Waals surface area contributed by atoms with Crippen molar-refractivity contribution in [2.75, 3.05) is 13.1 Å². The number of esters is 1. The zero-order chi connectivity index (χ0) is 18.8. The van der Waals surface area contributed by atoms with Crippen LogP contribution in [0.1, 0.15) is 26.3 Å². The van der Waals surface area contributed by atoms with Crippen molar-refractivity contribution in [1.82, 2.24) is 10.0 Å². The first-order valence-electron chi connectivity index (χ1n) is 7.84. The highest BCUT2D eigenvalue weighted by Gasteiger charge is 2.40. The Hall–Kier alpha value is -2.64. The Labute approximate surface area is 144 Å².